The summed E-state index contributed by atoms with van der Waals surface area (Å²) in [4.78, 5) is 31.6. The Kier molecular flexibility index (Phi) is 5.25. The Balaban J connectivity index is 1.67. The molecule has 1 unspecified atom stereocenters. The van der Waals surface area contributed by atoms with Crippen LogP contribution in [0.2, 0.25) is 0 Å². The molecule has 1 atom stereocenters. The summed E-state index contributed by atoms with van der Waals surface area (Å²) in [6.07, 6.45) is 1.43. The smallest absolute Gasteiger partial charge is 0.262 e. The van der Waals surface area contributed by atoms with E-state index < -0.39 is 0 Å². The second kappa shape index (κ2) is 7.58. The molecule has 0 radical (unpaired) electrons. The van der Waals surface area contributed by atoms with E-state index in [-0.39, 0.29) is 24.1 Å². The van der Waals surface area contributed by atoms with Gasteiger partial charge in [0.25, 0.3) is 5.56 Å². The maximum Gasteiger partial charge on any atom is 0.262 e. The van der Waals surface area contributed by atoms with E-state index in [1.807, 2.05) is 49.8 Å². The maximum absolute atomic E-state index is 12.3. The molecule has 0 aliphatic rings. The number of nitrogens with one attached hydrogen (secondary N) is 1. The number of benzene rings is 1. The zero-order valence-electron chi connectivity index (χ0n) is 14.2. The highest BCUT2D eigenvalue weighted by Gasteiger charge is 2.15. The summed E-state index contributed by atoms with van der Waals surface area (Å²) in [5.41, 5.74) is 0.944. The van der Waals surface area contributed by atoms with Crippen LogP contribution < -0.4 is 10.9 Å². The largest absolute Gasteiger partial charge is 0.353 e. The molecule has 3 rings (SSSR count). The van der Waals surface area contributed by atoms with Gasteiger partial charge < -0.3 is 10.2 Å². The first-order valence-corrected chi connectivity index (χ1v) is 8.85. The molecule has 0 aliphatic heterocycles. The van der Waals surface area contributed by atoms with Crippen molar-refractivity contribution >= 4 is 27.5 Å². The quantitative estimate of drug-likeness (QED) is 0.732. The zero-order chi connectivity index (χ0) is 17.8. The number of rotatable bonds is 6. The standard InChI is InChI=1S/C18H20N4O2S/c1-21(2)15(13-6-4-3-5-7-13)10-19-16(23)11-22-12-20-17-14(18(22)24)8-9-25-17/h3-9,12,15H,10-11H2,1-2H3,(H,19,23). The van der Waals surface area contributed by atoms with E-state index >= 15 is 0 Å². The molecule has 0 aliphatic carbocycles. The molecule has 0 saturated carbocycles. The van der Waals surface area contributed by atoms with Gasteiger partial charge >= 0.3 is 0 Å². The van der Waals surface area contributed by atoms with Crippen molar-refractivity contribution in [2.24, 2.45) is 0 Å². The van der Waals surface area contributed by atoms with E-state index in [9.17, 15) is 9.59 Å². The van der Waals surface area contributed by atoms with Crippen LogP contribution in [0.5, 0.6) is 0 Å². The number of thiophene rings is 1. The second-order valence-electron chi connectivity index (χ2n) is 6.01. The number of likely N-dealkylation sites (N-methyl/N-ethyl adjacent to an activating group) is 1. The molecule has 0 bridgehead atoms. The minimum absolute atomic E-state index is 0.0352. The Morgan fingerprint density at radius 1 is 1.28 bits per heavy atom. The Bertz CT molecular complexity index is 917. The molecule has 130 valence electrons. The lowest BCUT2D eigenvalue weighted by Gasteiger charge is -2.25. The Labute approximate surface area is 149 Å². The molecule has 2 heterocycles. The average Bonchev–Trinajstić information content (AvgIpc) is 3.08. The first-order chi connectivity index (χ1) is 12.1. The van der Waals surface area contributed by atoms with E-state index in [1.165, 1.54) is 22.2 Å². The summed E-state index contributed by atoms with van der Waals surface area (Å²) in [5.74, 6) is -0.207. The number of amides is 1. The van der Waals surface area contributed by atoms with Gasteiger partial charge in [-0.2, -0.15) is 0 Å². The summed E-state index contributed by atoms with van der Waals surface area (Å²) < 4.78 is 1.34. The van der Waals surface area contributed by atoms with Gasteiger partial charge in [0.1, 0.15) is 11.4 Å². The number of carbonyl (C=O) groups excluding carboxylic acids is 1. The second-order valence-corrected chi connectivity index (χ2v) is 6.91. The average molecular weight is 356 g/mol. The Morgan fingerprint density at radius 3 is 2.76 bits per heavy atom. The maximum atomic E-state index is 12.3. The van der Waals surface area contributed by atoms with Gasteiger partial charge in [0.2, 0.25) is 5.91 Å². The topological polar surface area (TPSA) is 67.2 Å². The molecule has 2 aromatic heterocycles. The van der Waals surface area contributed by atoms with E-state index in [4.69, 9.17) is 0 Å². The van der Waals surface area contributed by atoms with Crippen molar-refractivity contribution in [2.75, 3.05) is 20.6 Å². The van der Waals surface area contributed by atoms with Crippen molar-refractivity contribution in [3.05, 3.63) is 64.0 Å². The van der Waals surface area contributed by atoms with Crippen LogP contribution in [0.1, 0.15) is 11.6 Å². The fourth-order valence-electron chi connectivity index (χ4n) is 2.70. The van der Waals surface area contributed by atoms with Crippen LogP contribution >= 0.6 is 11.3 Å². The molecule has 0 saturated heterocycles. The minimum atomic E-state index is -0.207. The molecular formula is C18H20N4O2S. The van der Waals surface area contributed by atoms with Crippen LogP contribution in [0.3, 0.4) is 0 Å². The highest BCUT2D eigenvalue weighted by Crippen LogP contribution is 2.16. The van der Waals surface area contributed by atoms with Crippen molar-refractivity contribution in [1.82, 2.24) is 19.8 Å². The third-order valence-electron chi connectivity index (χ3n) is 4.06. The fourth-order valence-corrected chi connectivity index (χ4v) is 3.42. The van der Waals surface area contributed by atoms with Crippen molar-refractivity contribution in [3.8, 4) is 0 Å². The predicted octanol–water partition coefficient (Wildman–Crippen LogP) is 1.88. The van der Waals surface area contributed by atoms with Crippen LogP contribution in [0.4, 0.5) is 0 Å². The molecule has 0 spiro atoms. The first kappa shape index (κ1) is 17.3. The molecule has 25 heavy (non-hydrogen) atoms. The lowest BCUT2D eigenvalue weighted by atomic mass is 10.1. The summed E-state index contributed by atoms with van der Waals surface area (Å²) in [5, 5.41) is 5.29. The van der Waals surface area contributed by atoms with E-state index in [0.29, 0.717) is 16.8 Å². The summed E-state index contributed by atoms with van der Waals surface area (Å²) in [6, 6.07) is 11.8. The van der Waals surface area contributed by atoms with Gasteiger partial charge in [-0.25, -0.2) is 4.98 Å². The highest BCUT2D eigenvalue weighted by atomic mass is 32.1. The molecule has 1 aromatic carbocycles. The molecule has 6 nitrogen and oxygen atoms in total. The van der Waals surface area contributed by atoms with E-state index in [0.717, 1.165) is 5.56 Å². The summed E-state index contributed by atoms with van der Waals surface area (Å²) in [6.45, 7) is 0.436. The first-order valence-electron chi connectivity index (χ1n) is 7.97. The van der Waals surface area contributed by atoms with Gasteiger partial charge in [-0.15, -0.1) is 11.3 Å². The third-order valence-corrected chi connectivity index (χ3v) is 4.89. The molecule has 1 amide bonds. The molecule has 1 N–H and O–H groups in total. The number of aromatic nitrogens is 2. The van der Waals surface area contributed by atoms with Crippen molar-refractivity contribution < 1.29 is 4.79 Å². The zero-order valence-corrected chi connectivity index (χ0v) is 15.0. The number of hydrogen-bond donors (Lipinski definition) is 1. The van der Waals surface area contributed by atoms with Gasteiger partial charge in [-0.1, -0.05) is 30.3 Å². The SMILES string of the molecule is CN(C)C(CNC(=O)Cn1cnc2sccc2c1=O)c1ccccc1. The van der Waals surface area contributed by atoms with Crippen LogP contribution in [-0.2, 0) is 11.3 Å². The van der Waals surface area contributed by atoms with Crippen molar-refractivity contribution in [2.45, 2.75) is 12.6 Å². The lowest BCUT2D eigenvalue weighted by Crippen LogP contribution is -2.37. The fraction of sp³-hybridized carbons (Fsp3) is 0.278. The van der Waals surface area contributed by atoms with Gasteiger partial charge in [-0.05, 0) is 31.1 Å². The Morgan fingerprint density at radius 2 is 2.04 bits per heavy atom. The normalized spacial score (nSPS) is 12.4. The molecule has 7 heteroatoms. The van der Waals surface area contributed by atoms with Crippen LogP contribution in [-0.4, -0.2) is 41.0 Å². The van der Waals surface area contributed by atoms with E-state index in [1.54, 1.807) is 6.07 Å². The monoisotopic (exact) mass is 356 g/mol. The number of carbonyl (C=O) groups is 1. The number of nitrogens with zero attached hydrogens (tertiary/aromatic N) is 3. The van der Waals surface area contributed by atoms with Crippen molar-refractivity contribution in [1.29, 1.82) is 0 Å². The van der Waals surface area contributed by atoms with Gasteiger partial charge in [-0.3, -0.25) is 14.2 Å². The van der Waals surface area contributed by atoms with Crippen LogP contribution in [0.15, 0.2) is 52.9 Å². The Hall–Kier alpha value is -2.51. The number of fused-ring (bicyclic) bond motifs is 1. The molecule has 3 aromatic rings. The summed E-state index contributed by atoms with van der Waals surface area (Å²) in [7, 11) is 3.95. The minimum Gasteiger partial charge on any atom is -0.353 e. The third kappa shape index (κ3) is 3.94. The predicted molar refractivity (Wildman–Crippen MR) is 99.8 cm³/mol. The van der Waals surface area contributed by atoms with Gasteiger partial charge in [0.05, 0.1) is 17.8 Å². The summed E-state index contributed by atoms with van der Waals surface area (Å²) >= 11 is 1.41. The van der Waals surface area contributed by atoms with Crippen LogP contribution in [0, 0.1) is 0 Å². The lowest BCUT2D eigenvalue weighted by molar-refractivity contribution is -0.121. The molecular weight excluding hydrogens is 336 g/mol. The van der Waals surface area contributed by atoms with Crippen molar-refractivity contribution in [3.63, 3.8) is 0 Å². The van der Waals surface area contributed by atoms with E-state index in [2.05, 4.69) is 15.2 Å². The molecule has 0 fully saturated rings. The highest BCUT2D eigenvalue weighted by molar-refractivity contribution is 7.16. The van der Waals surface area contributed by atoms with Gasteiger partial charge in [0.15, 0.2) is 0 Å². The van der Waals surface area contributed by atoms with Crippen LogP contribution in [0.25, 0.3) is 10.2 Å². The van der Waals surface area contributed by atoms with Gasteiger partial charge in [0, 0.05) is 6.54 Å². The number of hydrogen-bond acceptors (Lipinski definition) is 5.